The molecule has 2 heterocycles. The van der Waals surface area contributed by atoms with Crippen LogP contribution in [0.1, 0.15) is 43.4 Å². The Morgan fingerprint density at radius 1 is 1.10 bits per heavy atom. The van der Waals surface area contributed by atoms with E-state index in [1.807, 2.05) is 30.2 Å². The van der Waals surface area contributed by atoms with Crippen LogP contribution in [0.25, 0.3) is 11.1 Å². The predicted octanol–water partition coefficient (Wildman–Crippen LogP) is 4.89. The summed E-state index contributed by atoms with van der Waals surface area (Å²) < 4.78 is 13.4. The van der Waals surface area contributed by atoms with E-state index in [-0.39, 0.29) is 24.4 Å². The minimum Gasteiger partial charge on any atom is -0.396 e. The van der Waals surface area contributed by atoms with Gasteiger partial charge < -0.3 is 10.0 Å². The molecule has 5 heteroatoms. The van der Waals surface area contributed by atoms with Gasteiger partial charge in [0.05, 0.1) is 6.04 Å². The summed E-state index contributed by atoms with van der Waals surface area (Å²) in [5.74, 6) is -0.233. The van der Waals surface area contributed by atoms with Crippen LogP contribution in [0.2, 0.25) is 0 Å². The number of likely N-dealkylation sites (tertiary alicyclic amines) is 1. The molecule has 1 N–H and O–H groups in total. The second-order valence-corrected chi connectivity index (χ2v) is 8.31. The number of hydrogen-bond donors (Lipinski definition) is 1. The first-order valence-electron chi connectivity index (χ1n) is 10.7. The van der Waals surface area contributed by atoms with Crippen LogP contribution in [0.3, 0.4) is 0 Å². The van der Waals surface area contributed by atoms with Gasteiger partial charge in [-0.1, -0.05) is 42.5 Å². The summed E-state index contributed by atoms with van der Waals surface area (Å²) in [5.41, 5.74) is 3.71. The van der Waals surface area contributed by atoms with E-state index in [9.17, 15) is 14.3 Å². The number of hydrogen-bond acceptors (Lipinski definition) is 3. The van der Waals surface area contributed by atoms with Crippen molar-refractivity contribution in [1.82, 2.24) is 9.88 Å². The quantitative estimate of drug-likeness (QED) is 0.620. The summed E-state index contributed by atoms with van der Waals surface area (Å²) in [5, 5.41) is 9.66. The number of rotatable bonds is 6. The van der Waals surface area contributed by atoms with Crippen LogP contribution in [-0.4, -0.2) is 34.0 Å². The van der Waals surface area contributed by atoms with Crippen molar-refractivity contribution in [3.8, 4) is 11.1 Å². The highest BCUT2D eigenvalue weighted by Crippen LogP contribution is 2.41. The molecule has 0 radical (unpaired) electrons. The van der Waals surface area contributed by atoms with E-state index in [1.165, 1.54) is 12.1 Å². The van der Waals surface area contributed by atoms with Crippen LogP contribution in [0, 0.1) is 5.82 Å². The monoisotopic (exact) mass is 418 g/mol. The molecule has 160 valence electrons. The van der Waals surface area contributed by atoms with Crippen LogP contribution in [0.15, 0.2) is 73.1 Å². The molecule has 1 aliphatic rings. The Labute approximate surface area is 182 Å². The maximum absolute atomic E-state index is 13.4. The largest absolute Gasteiger partial charge is 0.396 e. The number of aliphatic hydroxyl groups is 1. The van der Waals surface area contributed by atoms with E-state index >= 15 is 0 Å². The highest BCUT2D eigenvalue weighted by atomic mass is 19.1. The number of nitrogens with zero attached hydrogens (tertiary/aromatic N) is 2. The molecule has 0 spiro atoms. The highest BCUT2D eigenvalue weighted by Gasteiger charge is 2.41. The molecule has 1 saturated heterocycles. The van der Waals surface area contributed by atoms with Crippen molar-refractivity contribution < 1.29 is 14.3 Å². The van der Waals surface area contributed by atoms with Gasteiger partial charge in [0, 0.05) is 37.4 Å². The number of carbonyl (C=O) groups is 1. The van der Waals surface area contributed by atoms with E-state index in [1.54, 1.807) is 18.3 Å². The summed E-state index contributed by atoms with van der Waals surface area (Å²) in [4.78, 5) is 19.3. The van der Waals surface area contributed by atoms with E-state index in [4.69, 9.17) is 0 Å². The number of aliphatic hydroxyl groups excluding tert-OH is 1. The Morgan fingerprint density at radius 3 is 2.45 bits per heavy atom. The van der Waals surface area contributed by atoms with E-state index < -0.39 is 5.41 Å². The van der Waals surface area contributed by atoms with Crippen molar-refractivity contribution >= 4 is 5.91 Å². The molecule has 0 bridgehead atoms. The van der Waals surface area contributed by atoms with Crippen LogP contribution in [0.5, 0.6) is 0 Å². The van der Waals surface area contributed by atoms with Crippen molar-refractivity contribution in [2.24, 2.45) is 0 Å². The molecule has 1 amide bonds. The third-order valence-electron chi connectivity index (χ3n) is 6.54. The van der Waals surface area contributed by atoms with Gasteiger partial charge in [-0.2, -0.15) is 0 Å². The van der Waals surface area contributed by atoms with Gasteiger partial charge in [-0.15, -0.1) is 0 Å². The van der Waals surface area contributed by atoms with Gasteiger partial charge in [-0.3, -0.25) is 9.78 Å². The molecular weight excluding hydrogens is 391 g/mol. The first kappa shape index (κ1) is 21.2. The van der Waals surface area contributed by atoms with E-state index in [2.05, 4.69) is 29.2 Å². The predicted molar refractivity (Wildman–Crippen MR) is 119 cm³/mol. The normalized spacial score (nSPS) is 20.0. The number of aromatic nitrogens is 1. The molecule has 3 aromatic rings. The Bertz CT molecular complexity index is 1020. The number of carbonyl (C=O) groups excluding carboxylic acids is 1. The van der Waals surface area contributed by atoms with Gasteiger partial charge in [-0.25, -0.2) is 4.39 Å². The maximum Gasteiger partial charge on any atom is 0.223 e. The highest BCUT2D eigenvalue weighted by molar-refractivity contribution is 5.79. The first-order chi connectivity index (χ1) is 15.0. The fraction of sp³-hybridized carbons (Fsp3) is 0.308. The van der Waals surface area contributed by atoms with Crippen molar-refractivity contribution in [3.63, 3.8) is 0 Å². The lowest BCUT2D eigenvalue weighted by Crippen LogP contribution is -2.47. The third kappa shape index (κ3) is 4.37. The summed E-state index contributed by atoms with van der Waals surface area (Å²) in [6.45, 7) is 2.64. The summed E-state index contributed by atoms with van der Waals surface area (Å²) in [6, 6.07) is 18.5. The van der Waals surface area contributed by atoms with Gasteiger partial charge in [0.2, 0.25) is 5.91 Å². The minimum absolute atomic E-state index is 0.00395. The molecular formula is C26H27FN2O2. The zero-order valence-electron chi connectivity index (χ0n) is 17.7. The Hall–Kier alpha value is -3.05. The minimum atomic E-state index is -0.445. The number of halogens is 1. The smallest absolute Gasteiger partial charge is 0.223 e. The van der Waals surface area contributed by atoms with Crippen molar-refractivity contribution in [3.05, 3.63) is 90.0 Å². The molecule has 1 aromatic heterocycles. The molecule has 4 nitrogen and oxygen atoms in total. The lowest BCUT2D eigenvalue weighted by molar-refractivity contribution is -0.138. The second-order valence-electron chi connectivity index (χ2n) is 8.31. The molecule has 4 rings (SSSR count). The number of amides is 1. The average molecular weight is 419 g/mol. The van der Waals surface area contributed by atoms with Crippen molar-refractivity contribution in [2.75, 3.05) is 13.2 Å². The second kappa shape index (κ2) is 8.98. The molecule has 1 fully saturated rings. The molecule has 1 aliphatic heterocycles. The average Bonchev–Trinajstić information content (AvgIpc) is 2.80. The summed E-state index contributed by atoms with van der Waals surface area (Å²) in [7, 11) is 0. The molecule has 1 unspecified atom stereocenters. The molecule has 0 saturated carbocycles. The Kier molecular flexibility index (Phi) is 6.14. The molecule has 2 atom stereocenters. The lowest BCUT2D eigenvalue weighted by Gasteiger charge is -2.44. The Morgan fingerprint density at radius 2 is 1.84 bits per heavy atom. The van der Waals surface area contributed by atoms with E-state index in [0.29, 0.717) is 19.4 Å². The number of piperidine rings is 1. The zero-order chi connectivity index (χ0) is 21.8. The summed E-state index contributed by atoms with van der Waals surface area (Å²) in [6.07, 6.45) is 5.14. The van der Waals surface area contributed by atoms with Gasteiger partial charge in [0.1, 0.15) is 5.82 Å². The fourth-order valence-electron chi connectivity index (χ4n) is 4.64. The topological polar surface area (TPSA) is 53.4 Å². The zero-order valence-corrected chi connectivity index (χ0v) is 17.7. The molecule has 31 heavy (non-hydrogen) atoms. The van der Waals surface area contributed by atoms with Gasteiger partial charge in [-0.05, 0) is 60.2 Å². The summed E-state index contributed by atoms with van der Waals surface area (Å²) >= 11 is 0. The van der Waals surface area contributed by atoms with Gasteiger partial charge in [0.15, 0.2) is 0 Å². The number of pyridine rings is 1. The van der Waals surface area contributed by atoms with Gasteiger partial charge >= 0.3 is 0 Å². The van der Waals surface area contributed by atoms with Crippen LogP contribution in [-0.2, 0) is 10.2 Å². The number of benzene rings is 2. The van der Waals surface area contributed by atoms with Crippen molar-refractivity contribution in [1.29, 1.82) is 0 Å². The van der Waals surface area contributed by atoms with Gasteiger partial charge in [0.25, 0.3) is 0 Å². The van der Waals surface area contributed by atoms with Crippen molar-refractivity contribution in [2.45, 2.75) is 37.6 Å². The fourth-order valence-corrected chi connectivity index (χ4v) is 4.64. The Balaban J connectivity index is 1.51. The van der Waals surface area contributed by atoms with Crippen LogP contribution >= 0.6 is 0 Å². The molecule has 2 aromatic carbocycles. The lowest BCUT2D eigenvalue weighted by atomic mass is 9.70. The maximum atomic E-state index is 13.4. The van der Waals surface area contributed by atoms with Crippen LogP contribution in [0.4, 0.5) is 4.39 Å². The SMILES string of the molecule is C[C@@H](c1ccc(-c2cccnc2)cc1)N1CCC(CCO)(c2ccc(F)cc2)CC1=O. The third-order valence-corrected chi connectivity index (χ3v) is 6.54. The van der Waals surface area contributed by atoms with E-state index in [0.717, 1.165) is 28.7 Å². The first-order valence-corrected chi connectivity index (χ1v) is 10.7. The molecule has 0 aliphatic carbocycles. The van der Waals surface area contributed by atoms with Crippen LogP contribution < -0.4 is 0 Å². The standard InChI is InChI=1S/C26H27FN2O2/c1-19(20-4-6-21(7-5-20)22-3-2-14-28-18-22)29-15-12-26(13-16-30,17-25(29)31)23-8-10-24(27)11-9-23/h2-11,14,18-19,30H,12-13,15-17H2,1H3/t19-,26?/m0/s1.